The van der Waals surface area contributed by atoms with E-state index in [0.29, 0.717) is 6.40 Å². The third-order valence-electron chi connectivity index (χ3n) is 1.84. The number of carbonyl (C=O) groups excluding carboxylic acids is 1. The van der Waals surface area contributed by atoms with Crippen LogP contribution in [0.15, 0.2) is 17.1 Å². The first kappa shape index (κ1) is 15.0. The van der Waals surface area contributed by atoms with Crippen molar-refractivity contribution in [2.75, 3.05) is 6.26 Å². The van der Waals surface area contributed by atoms with Crippen molar-refractivity contribution in [3.8, 4) is 0 Å². The summed E-state index contributed by atoms with van der Waals surface area (Å²) in [5.74, 6) is 0.963. The summed E-state index contributed by atoms with van der Waals surface area (Å²) in [5.41, 5.74) is 0.508. The van der Waals surface area contributed by atoms with Gasteiger partial charge >= 0.3 is 10.1 Å². The van der Waals surface area contributed by atoms with E-state index in [0.717, 1.165) is 18.4 Å². The number of hydrazine groups is 1. The fourth-order valence-electron chi connectivity index (χ4n) is 1.09. The summed E-state index contributed by atoms with van der Waals surface area (Å²) >= 11 is 0. The van der Waals surface area contributed by atoms with Crippen molar-refractivity contribution in [1.29, 1.82) is 0 Å². The Bertz CT molecular complexity index is 631. The molecular formula is C9H9F2N3O4S. The summed E-state index contributed by atoms with van der Waals surface area (Å²) in [7, 11) is -3.79. The zero-order valence-corrected chi connectivity index (χ0v) is 10.4. The molecule has 0 bridgehead atoms. The molecule has 1 aromatic carbocycles. The summed E-state index contributed by atoms with van der Waals surface area (Å²) < 4.78 is 51.9. The average Bonchev–Trinajstić information content (AvgIpc) is 2.31. The number of nitrogens with zero attached hydrogens (tertiary/aromatic N) is 1. The van der Waals surface area contributed by atoms with Crippen LogP contribution in [0.25, 0.3) is 0 Å². The number of amides is 1. The monoisotopic (exact) mass is 293 g/mol. The van der Waals surface area contributed by atoms with Crippen molar-refractivity contribution in [2.24, 2.45) is 10.8 Å². The maximum atomic E-state index is 13.4. The maximum Gasteiger partial charge on any atom is 0.307 e. The van der Waals surface area contributed by atoms with Crippen molar-refractivity contribution in [1.82, 2.24) is 5.43 Å². The Morgan fingerprint density at radius 1 is 1.47 bits per heavy atom. The van der Waals surface area contributed by atoms with Gasteiger partial charge < -0.3 is 4.18 Å². The van der Waals surface area contributed by atoms with E-state index in [1.165, 1.54) is 0 Å². The zero-order chi connectivity index (χ0) is 14.6. The first-order chi connectivity index (χ1) is 8.76. The largest absolute Gasteiger partial charge is 0.370 e. The van der Waals surface area contributed by atoms with Crippen molar-refractivity contribution in [2.45, 2.75) is 0 Å². The summed E-state index contributed by atoms with van der Waals surface area (Å²) in [4.78, 5) is 14.7. The molecule has 1 rings (SSSR count). The fourth-order valence-corrected chi connectivity index (χ4v) is 1.29. The molecule has 0 aliphatic rings. The minimum Gasteiger partial charge on any atom is -0.370 e. The Labute approximate surface area is 107 Å². The highest BCUT2D eigenvalue weighted by Crippen LogP contribution is 2.23. The number of rotatable bonds is 4. The molecule has 0 aliphatic heterocycles. The van der Waals surface area contributed by atoms with Crippen LogP contribution in [0.1, 0.15) is 10.4 Å². The molecule has 0 saturated carbocycles. The van der Waals surface area contributed by atoms with E-state index in [1.807, 2.05) is 0 Å². The lowest BCUT2D eigenvalue weighted by Crippen LogP contribution is -2.31. The van der Waals surface area contributed by atoms with Gasteiger partial charge in [0.1, 0.15) is 5.56 Å². The van der Waals surface area contributed by atoms with Crippen LogP contribution in [0.2, 0.25) is 0 Å². The Morgan fingerprint density at radius 3 is 2.63 bits per heavy atom. The first-order valence-corrected chi connectivity index (χ1v) is 6.47. The second-order valence-corrected chi connectivity index (χ2v) is 4.86. The third kappa shape index (κ3) is 3.96. The number of nitrogen functional groups attached to an aromatic ring is 1. The molecule has 0 saturated heterocycles. The molecule has 0 heterocycles. The number of aliphatic imine (C=N–C) groups is 1. The standard InChI is InChI=1S/C9H9F2N3O4S/c1-19(16,17)18-4-13-6-3-2-5(10)8(11)7(6)9(15)14-12/h2-4H,12H2,1H3,(H,14,15). The maximum absolute atomic E-state index is 13.4. The van der Waals surface area contributed by atoms with Gasteiger partial charge in [0.25, 0.3) is 5.91 Å². The van der Waals surface area contributed by atoms with E-state index in [1.54, 1.807) is 5.43 Å². The molecule has 0 aromatic heterocycles. The fraction of sp³-hybridized carbons (Fsp3) is 0.111. The minimum atomic E-state index is -3.79. The topological polar surface area (TPSA) is 111 Å². The molecule has 0 spiro atoms. The molecule has 0 unspecified atom stereocenters. The quantitative estimate of drug-likeness (QED) is 0.206. The molecule has 3 N–H and O–H groups in total. The van der Waals surface area contributed by atoms with Gasteiger partial charge in [-0.25, -0.2) is 19.6 Å². The van der Waals surface area contributed by atoms with Crippen LogP contribution in [-0.2, 0) is 14.3 Å². The highest BCUT2D eigenvalue weighted by atomic mass is 32.2. The molecule has 0 fully saturated rings. The molecule has 104 valence electrons. The lowest BCUT2D eigenvalue weighted by atomic mass is 10.1. The van der Waals surface area contributed by atoms with Crippen molar-refractivity contribution in [3.05, 3.63) is 29.3 Å². The number of nitrogens with two attached hydrogens (primary N) is 1. The summed E-state index contributed by atoms with van der Waals surface area (Å²) in [6.07, 6.45) is 1.24. The minimum absolute atomic E-state index is 0.342. The summed E-state index contributed by atoms with van der Waals surface area (Å²) in [6, 6.07) is 1.68. The van der Waals surface area contributed by atoms with E-state index in [-0.39, 0.29) is 5.69 Å². The third-order valence-corrected chi connectivity index (χ3v) is 2.28. The van der Waals surface area contributed by atoms with Crippen LogP contribution in [0.4, 0.5) is 14.5 Å². The number of hydrogen-bond donors (Lipinski definition) is 2. The predicted molar refractivity (Wildman–Crippen MR) is 62.1 cm³/mol. The van der Waals surface area contributed by atoms with Crippen molar-refractivity contribution >= 4 is 28.1 Å². The summed E-state index contributed by atoms with van der Waals surface area (Å²) in [6.45, 7) is 0. The first-order valence-electron chi connectivity index (χ1n) is 4.66. The number of hydrogen-bond acceptors (Lipinski definition) is 6. The van der Waals surface area contributed by atoms with E-state index >= 15 is 0 Å². The molecule has 1 amide bonds. The highest BCUT2D eigenvalue weighted by Gasteiger charge is 2.19. The van der Waals surface area contributed by atoms with Gasteiger partial charge in [-0.2, -0.15) is 8.42 Å². The second-order valence-electron chi connectivity index (χ2n) is 3.26. The van der Waals surface area contributed by atoms with Crippen LogP contribution in [0.3, 0.4) is 0 Å². The van der Waals surface area contributed by atoms with Gasteiger partial charge in [-0.1, -0.05) is 0 Å². The van der Waals surface area contributed by atoms with Gasteiger partial charge in [0.05, 0.1) is 11.9 Å². The van der Waals surface area contributed by atoms with Crippen molar-refractivity contribution in [3.63, 3.8) is 0 Å². The summed E-state index contributed by atoms with van der Waals surface area (Å²) in [5, 5.41) is 0. The van der Waals surface area contributed by atoms with E-state index < -0.39 is 33.2 Å². The van der Waals surface area contributed by atoms with Crippen LogP contribution < -0.4 is 11.3 Å². The molecule has 7 nitrogen and oxygen atoms in total. The molecule has 0 atom stereocenters. The number of halogens is 2. The van der Waals surface area contributed by atoms with Gasteiger partial charge in [0, 0.05) is 0 Å². The average molecular weight is 293 g/mol. The SMILES string of the molecule is CS(=O)(=O)OC=Nc1ccc(F)c(F)c1C(=O)NN. The number of nitrogens with one attached hydrogen (secondary N) is 1. The second kappa shape index (κ2) is 5.71. The predicted octanol–water partition coefficient (Wildman–Crippen LogP) is 0.204. The van der Waals surface area contributed by atoms with Gasteiger partial charge in [-0.15, -0.1) is 0 Å². The zero-order valence-electron chi connectivity index (χ0n) is 9.55. The van der Waals surface area contributed by atoms with E-state index in [4.69, 9.17) is 5.84 Å². The highest BCUT2D eigenvalue weighted by molar-refractivity contribution is 7.86. The lowest BCUT2D eigenvalue weighted by Gasteiger charge is -2.05. The van der Waals surface area contributed by atoms with E-state index in [2.05, 4.69) is 9.18 Å². The Kier molecular flexibility index (Phi) is 4.51. The number of benzene rings is 1. The number of carbonyl (C=O) groups is 1. The van der Waals surface area contributed by atoms with Crippen molar-refractivity contribution < 1.29 is 26.2 Å². The van der Waals surface area contributed by atoms with Crippen LogP contribution in [0, 0.1) is 11.6 Å². The van der Waals surface area contributed by atoms with Gasteiger partial charge in [0.15, 0.2) is 18.0 Å². The molecule has 1 aromatic rings. The smallest absolute Gasteiger partial charge is 0.307 e. The Morgan fingerprint density at radius 2 is 2.11 bits per heavy atom. The molecule has 0 radical (unpaired) electrons. The Balaban J connectivity index is 3.21. The molecular weight excluding hydrogens is 284 g/mol. The van der Waals surface area contributed by atoms with Crippen LogP contribution in [-0.4, -0.2) is 27.0 Å². The van der Waals surface area contributed by atoms with Gasteiger partial charge in [0.2, 0.25) is 0 Å². The van der Waals surface area contributed by atoms with Gasteiger partial charge in [-0.05, 0) is 12.1 Å². The van der Waals surface area contributed by atoms with E-state index in [9.17, 15) is 22.0 Å². The van der Waals surface area contributed by atoms with Gasteiger partial charge in [-0.3, -0.25) is 10.2 Å². The van der Waals surface area contributed by atoms with Crippen LogP contribution in [0.5, 0.6) is 0 Å². The van der Waals surface area contributed by atoms with Crippen LogP contribution >= 0.6 is 0 Å². The normalized spacial score (nSPS) is 11.6. The Hall–Kier alpha value is -2.07. The molecule has 10 heteroatoms. The molecule has 0 aliphatic carbocycles. The molecule has 19 heavy (non-hydrogen) atoms. The lowest BCUT2D eigenvalue weighted by molar-refractivity contribution is 0.0949.